The predicted octanol–water partition coefficient (Wildman–Crippen LogP) is 30.4. The van der Waals surface area contributed by atoms with E-state index in [1.807, 2.05) is 24.3 Å². The standard InChI is InChI=1S/2C31H22N2.2C25H17NO/c1-21-10-9-13-23(18-21)33-29-17-8-6-15-25(29)27-19-30-26(20-31(27)33)24-14-5-7-16-28(24)32(30)22-11-3-2-4-12-22;1-21-15-17-23(18-16-21)33-29-14-8-6-12-25(29)27-19-30-26(20-31(27)33)24-11-5-7-13-28(24)32(30)22-9-3-2-4-10-22;1-16-7-6-8-17(13-16)26-22-11-4-2-9-18(22)20-15-25-21(14-23(20)26)19-10-3-5-12-24(19)27-25;1-16-10-12-17(13-11-16)26-22-8-4-2-6-18(22)20-15-25-21(14-23(20)26)19-7-3-5-9-24(19)27-25/h2*2-20H,1H3;2*2-15H,1H3. The smallest absolute Gasteiger partial charge is 0.136 e. The molecule has 0 aliphatic heterocycles. The van der Waals surface area contributed by atoms with Crippen molar-refractivity contribution in [3.63, 3.8) is 0 Å². The highest BCUT2D eigenvalue weighted by molar-refractivity contribution is 6.23. The van der Waals surface area contributed by atoms with Crippen molar-refractivity contribution < 1.29 is 8.83 Å². The van der Waals surface area contributed by atoms with E-state index in [-0.39, 0.29) is 0 Å². The Morgan fingerprint density at radius 1 is 0.133 bits per heavy atom. The van der Waals surface area contributed by atoms with Crippen LogP contribution in [0.25, 0.3) is 209 Å². The molecule has 26 aromatic rings. The predicted molar refractivity (Wildman–Crippen MR) is 505 cm³/mol. The van der Waals surface area contributed by atoms with Crippen LogP contribution >= 0.6 is 0 Å². The second-order valence-corrected chi connectivity index (χ2v) is 31.8. The SMILES string of the molecule is Cc1ccc(-n2c3ccccc3c3cc4c(cc32)c2ccccc2n4-c2ccccc2)cc1.Cc1ccc(-n2c3ccccc3c3cc4oc5ccccc5c4cc32)cc1.Cc1cccc(-n2c3ccccc3c3cc4c(cc32)c2ccccc2n4-c2ccccc2)c1.Cc1cccc(-n2c3ccccc3c3cc4oc5ccccc5c4cc32)c1. The molecular weight excluding hydrogens is 1460 g/mol. The highest BCUT2D eigenvalue weighted by atomic mass is 16.3. The molecule has 0 aliphatic carbocycles. The Hall–Kier alpha value is -15.6. The van der Waals surface area contributed by atoms with E-state index < -0.39 is 0 Å². The fourth-order valence-corrected chi connectivity index (χ4v) is 19.0. The van der Waals surface area contributed by atoms with Crippen LogP contribution in [-0.2, 0) is 0 Å². The van der Waals surface area contributed by atoms with Gasteiger partial charge in [-0.25, -0.2) is 0 Å². The number of para-hydroxylation sites is 10. The summed E-state index contributed by atoms with van der Waals surface area (Å²) in [6.45, 7) is 8.55. The van der Waals surface area contributed by atoms with Gasteiger partial charge in [-0.1, -0.05) is 242 Å². The summed E-state index contributed by atoms with van der Waals surface area (Å²) in [6.07, 6.45) is 0. The maximum atomic E-state index is 6.13. The summed E-state index contributed by atoms with van der Waals surface area (Å²) in [5.41, 5.74) is 30.7. The van der Waals surface area contributed by atoms with E-state index >= 15 is 0 Å². The molecule has 568 valence electrons. The Kier molecular flexibility index (Phi) is 16.3. The van der Waals surface area contributed by atoms with Crippen molar-refractivity contribution in [3.8, 4) is 34.1 Å². The van der Waals surface area contributed by atoms with Gasteiger partial charge in [0.25, 0.3) is 0 Å². The van der Waals surface area contributed by atoms with Gasteiger partial charge >= 0.3 is 0 Å². The van der Waals surface area contributed by atoms with Gasteiger partial charge in [-0.05, 0) is 209 Å². The monoisotopic (exact) mass is 1540 g/mol. The van der Waals surface area contributed by atoms with Crippen molar-refractivity contribution in [2.75, 3.05) is 0 Å². The lowest BCUT2D eigenvalue weighted by Crippen LogP contribution is -1.94. The van der Waals surface area contributed by atoms with Gasteiger partial charge in [0.1, 0.15) is 22.3 Å². The van der Waals surface area contributed by atoms with E-state index in [1.54, 1.807) is 0 Å². The molecular formula is C112H78N6O2. The van der Waals surface area contributed by atoms with Crippen LogP contribution in [0.15, 0.2) is 409 Å². The van der Waals surface area contributed by atoms with Gasteiger partial charge in [-0.2, -0.15) is 0 Å². The third kappa shape index (κ3) is 11.4. The molecule has 8 heterocycles. The quantitative estimate of drug-likeness (QED) is 0.167. The lowest BCUT2D eigenvalue weighted by atomic mass is 10.1. The topological polar surface area (TPSA) is 55.9 Å². The van der Waals surface area contributed by atoms with E-state index in [0.717, 1.165) is 43.9 Å². The Morgan fingerprint density at radius 3 is 0.650 bits per heavy atom. The van der Waals surface area contributed by atoms with Gasteiger partial charge in [0.2, 0.25) is 0 Å². The average molecular weight is 1540 g/mol. The van der Waals surface area contributed by atoms with Crippen molar-refractivity contribution in [1.82, 2.24) is 27.4 Å². The first-order valence-electron chi connectivity index (χ1n) is 41.2. The number of hydrogen-bond acceptors (Lipinski definition) is 2. The number of hydrogen-bond donors (Lipinski definition) is 0. The minimum atomic E-state index is 0.936. The van der Waals surface area contributed by atoms with Crippen molar-refractivity contribution in [3.05, 3.63) is 423 Å². The molecule has 0 N–H and O–H groups in total. The summed E-state index contributed by atoms with van der Waals surface area (Å²) in [6, 6.07) is 143. The molecule has 18 aromatic carbocycles. The van der Waals surface area contributed by atoms with Crippen LogP contribution in [-0.4, -0.2) is 27.4 Å². The normalized spacial score (nSPS) is 11.8. The third-order valence-electron chi connectivity index (χ3n) is 24.4. The summed E-state index contributed by atoms with van der Waals surface area (Å²) in [4.78, 5) is 0. The van der Waals surface area contributed by atoms with Crippen molar-refractivity contribution in [1.29, 1.82) is 0 Å². The van der Waals surface area contributed by atoms with E-state index in [9.17, 15) is 0 Å². The number of aryl methyl sites for hydroxylation is 4. The first-order valence-corrected chi connectivity index (χ1v) is 41.2. The van der Waals surface area contributed by atoms with Crippen LogP contribution in [0.3, 0.4) is 0 Å². The fraction of sp³-hybridized carbons (Fsp3) is 0.0357. The minimum absolute atomic E-state index is 0.936. The maximum Gasteiger partial charge on any atom is 0.136 e. The van der Waals surface area contributed by atoms with Gasteiger partial charge < -0.3 is 36.2 Å². The molecule has 8 nitrogen and oxygen atoms in total. The van der Waals surface area contributed by atoms with E-state index in [1.165, 1.54) is 187 Å². The molecule has 8 aromatic heterocycles. The second kappa shape index (κ2) is 28.1. The maximum absolute atomic E-state index is 6.13. The number of fused-ring (bicyclic) bond motifs is 24. The van der Waals surface area contributed by atoms with Gasteiger partial charge in [0.05, 0.1) is 66.2 Å². The van der Waals surface area contributed by atoms with Crippen LogP contribution in [0.5, 0.6) is 0 Å². The summed E-state index contributed by atoms with van der Waals surface area (Å²) in [7, 11) is 0. The number of nitrogens with zero attached hydrogens (tertiary/aromatic N) is 6. The van der Waals surface area contributed by atoms with Crippen LogP contribution < -0.4 is 0 Å². The molecule has 0 bridgehead atoms. The number of rotatable bonds is 6. The van der Waals surface area contributed by atoms with Crippen molar-refractivity contribution in [2.45, 2.75) is 27.7 Å². The first-order chi connectivity index (χ1) is 59.2. The highest BCUT2D eigenvalue weighted by Gasteiger charge is 2.24. The Morgan fingerprint density at radius 2 is 0.358 bits per heavy atom. The van der Waals surface area contributed by atoms with E-state index in [0.29, 0.717) is 0 Å². The van der Waals surface area contributed by atoms with Crippen molar-refractivity contribution in [2.24, 2.45) is 0 Å². The van der Waals surface area contributed by atoms with Gasteiger partial charge in [0, 0.05) is 120 Å². The molecule has 0 spiro atoms. The number of aromatic nitrogens is 6. The molecule has 0 aliphatic rings. The second-order valence-electron chi connectivity index (χ2n) is 31.8. The molecule has 0 unspecified atom stereocenters. The Balaban J connectivity index is 0.0000000938. The lowest BCUT2D eigenvalue weighted by molar-refractivity contribution is 0.669. The highest BCUT2D eigenvalue weighted by Crippen LogP contribution is 2.45. The lowest BCUT2D eigenvalue weighted by Gasteiger charge is -2.09. The van der Waals surface area contributed by atoms with Crippen LogP contribution in [0, 0.1) is 27.7 Å². The molecule has 8 heteroatoms. The zero-order chi connectivity index (χ0) is 79.8. The Labute approximate surface area is 690 Å². The van der Waals surface area contributed by atoms with Crippen LogP contribution in [0.2, 0.25) is 0 Å². The molecule has 0 radical (unpaired) electrons. The molecule has 0 saturated carbocycles. The molecule has 120 heavy (non-hydrogen) atoms. The molecule has 26 rings (SSSR count). The molecule has 0 saturated heterocycles. The van der Waals surface area contributed by atoms with Crippen LogP contribution in [0.4, 0.5) is 0 Å². The van der Waals surface area contributed by atoms with E-state index in [4.69, 9.17) is 8.83 Å². The number of furan rings is 2. The van der Waals surface area contributed by atoms with Gasteiger partial charge in [0.15, 0.2) is 0 Å². The summed E-state index contributed by atoms with van der Waals surface area (Å²) < 4.78 is 26.6. The number of benzene rings is 18. The third-order valence-corrected chi connectivity index (χ3v) is 24.4. The average Bonchev–Trinajstić information content (AvgIpc) is 1.55. The first kappa shape index (κ1) is 69.8. The van der Waals surface area contributed by atoms with Crippen molar-refractivity contribution >= 4 is 175 Å². The zero-order valence-corrected chi connectivity index (χ0v) is 66.6. The van der Waals surface area contributed by atoms with Gasteiger partial charge in [-0.15, -0.1) is 0 Å². The van der Waals surface area contributed by atoms with Gasteiger partial charge in [-0.3, -0.25) is 0 Å². The largest absolute Gasteiger partial charge is 0.456 e. The molecule has 0 amide bonds. The molecule has 0 atom stereocenters. The Bertz CT molecular complexity index is 8570. The summed E-state index contributed by atoms with van der Waals surface area (Å²) in [5.74, 6) is 0. The summed E-state index contributed by atoms with van der Waals surface area (Å²) in [5, 5.41) is 19.8. The zero-order valence-electron chi connectivity index (χ0n) is 66.6. The minimum Gasteiger partial charge on any atom is -0.456 e. The van der Waals surface area contributed by atoms with Crippen LogP contribution in [0.1, 0.15) is 22.3 Å². The fourth-order valence-electron chi connectivity index (χ4n) is 19.0. The van der Waals surface area contributed by atoms with E-state index in [2.05, 4.69) is 431 Å². The summed E-state index contributed by atoms with van der Waals surface area (Å²) >= 11 is 0. The molecule has 0 fully saturated rings.